The van der Waals surface area contributed by atoms with E-state index in [0.717, 1.165) is 6.42 Å². The van der Waals surface area contributed by atoms with Crippen LogP contribution in [0.25, 0.3) is 0 Å². The summed E-state index contributed by atoms with van der Waals surface area (Å²) in [4.78, 5) is 21.0. The van der Waals surface area contributed by atoms with Crippen LogP contribution in [0, 0.1) is 0 Å². The molecule has 2 N–H and O–H groups in total. The fourth-order valence-electron chi connectivity index (χ4n) is 1.07. The van der Waals surface area contributed by atoms with Crippen molar-refractivity contribution >= 4 is 11.7 Å². The van der Waals surface area contributed by atoms with E-state index in [-0.39, 0.29) is 5.78 Å². The number of rotatable bonds is 0. The van der Waals surface area contributed by atoms with Crippen molar-refractivity contribution in [1.82, 2.24) is 0 Å². The predicted octanol–water partition coefficient (Wildman–Crippen LogP) is -0.175. The molecule has 0 aromatic carbocycles. The van der Waals surface area contributed by atoms with Gasteiger partial charge in [-0.1, -0.05) is 0 Å². The van der Waals surface area contributed by atoms with Crippen LogP contribution >= 0.6 is 0 Å². The SMILES string of the molecule is NC1C(=O)CCCC1=C=O. The second-order valence-electron chi connectivity index (χ2n) is 2.42. The fraction of sp³-hybridized carbons (Fsp3) is 0.571. The molecule has 10 heavy (non-hydrogen) atoms. The Kier molecular flexibility index (Phi) is 2.00. The monoisotopic (exact) mass is 139 g/mol. The van der Waals surface area contributed by atoms with Crippen molar-refractivity contribution in [2.45, 2.75) is 25.3 Å². The Labute approximate surface area is 58.9 Å². The van der Waals surface area contributed by atoms with Crippen LogP contribution in [-0.4, -0.2) is 17.8 Å². The first-order valence-electron chi connectivity index (χ1n) is 3.28. The van der Waals surface area contributed by atoms with Crippen LogP contribution in [0.2, 0.25) is 0 Å². The quantitative estimate of drug-likeness (QED) is 0.474. The molecule has 1 atom stereocenters. The summed E-state index contributed by atoms with van der Waals surface area (Å²) in [6, 6.07) is -0.661. The molecule has 1 saturated carbocycles. The molecule has 0 aromatic rings. The molecule has 0 heterocycles. The molecule has 0 amide bonds. The molecule has 0 saturated heterocycles. The summed E-state index contributed by atoms with van der Waals surface area (Å²) in [6.07, 6.45) is 1.89. The molecule has 1 aliphatic rings. The second-order valence-corrected chi connectivity index (χ2v) is 2.42. The summed E-state index contributed by atoms with van der Waals surface area (Å²) < 4.78 is 0. The molecule has 1 rings (SSSR count). The Bertz CT molecular complexity index is 204. The highest BCUT2D eigenvalue weighted by Crippen LogP contribution is 2.16. The number of carbonyl (C=O) groups excluding carboxylic acids is 2. The van der Waals surface area contributed by atoms with Gasteiger partial charge in [0.25, 0.3) is 0 Å². The Morgan fingerprint density at radius 3 is 2.70 bits per heavy atom. The minimum absolute atomic E-state index is 0.0374. The number of carbonyl (C=O) groups is 1. The number of hydrogen-bond donors (Lipinski definition) is 1. The maximum atomic E-state index is 10.8. The standard InChI is InChI=1S/C7H9NO2/c8-7-5(4-9)2-1-3-6(7)10/h7H,1-3,8H2. The third-order valence-corrected chi connectivity index (χ3v) is 1.72. The van der Waals surface area contributed by atoms with Crippen LogP contribution in [0.1, 0.15) is 19.3 Å². The number of ketones is 1. The molecular formula is C7H9NO2. The Morgan fingerprint density at radius 2 is 2.20 bits per heavy atom. The van der Waals surface area contributed by atoms with Crippen LogP contribution in [0.15, 0.2) is 5.57 Å². The lowest BCUT2D eigenvalue weighted by Crippen LogP contribution is -2.35. The van der Waals surface area contributed by atoms with E-state index in [1.807, 2.05) is 0 Å². The van der Waals surface area contributed by atoms with Gasteiger partial charge in [-0.25, -0.2) is 4.79 Å². The number of hydrogen-bond acceptors (Lipinski definition) is 3. The molecule has 0 spiro atoms. The minimum atomic E-state index is -0.661. The molecule has 54 valence electrons. The van der Waals surface area contributed by atoms with Crippen molar-refractivity contribution in [3.8, 4) is 0 Å². The van der Waals surface area contributed by atoms with E-state index >= 15 is 0 Å². The lowest BCUT2D eigenvalue weighted by atomic mass is 9.91. The predicted molar refractivity (Wildman–Crippen MR) is 36.0 cm³/mol. The lowest BCUT2D eigenvalue weighted by molar-refractivity contribution is -0.120. The lowest BCUT2D eigenvalue weighted by Gasteiger charge is -2.16. The average Bonchev–Trinajstić information content (AvgIpc) is 1.95. The van der Waals surface area contributed by atoms with Gasteiger partial charge in [-0.3, -0.25) is 4.79 Å². The molecule has 3 heteroatoms. The summed E-state index contributed by atoms with van der Waals surface area (Å²) in [5.74, 6) is 1.67. The van der Waals surface area contributed by atoms with Crippen molar-refractivity contribution in [3.05, 3.63) is 5.57 Å². The third-order valence-electron chi connectivity index (χ3n) is 1.72. The first-order valence-corrected chi connectivity index (χ1v) is 3.28. The van der Waals surface area contributed by atoms with E-state index in [1.165, 1.54) is 0 Å². The van der Waals surface area contributed by atoms with Crippen molar-refractivity contribution in [1.29, 1.82) is 0 Å². The van der Waals surface area contributed by atoms with Gasteiger partial charge in [0.1, 0.15) is 5.94 Å². The van der Waals surface area contributed by atoms with E-state index in [0.29, 0.717) is 18.4 Å². The van der Waals surface area contributed by atoms with Gasteiger partial charge in [0, 0.05) is 12.0 Å². The maximum absolute atomic E-state index is 10.8. The Hall–Kier alpha value is -0.920. The van der Waals surface area contributed by atoms with Gasteiger partial charge < -0.3 is 5.73 Å². The summed E-state index contributed by atoms with van der Waals surface area (Å²) >= 11 is 0. The minimum Gasteiger partial charge on any atom is -0.317 e. The van der Waals surface area contributed by atoms with E-state index < -0.39 is 6.04 Å². The zero-order valence-corrected chi connectivity index (χ0v) is 5.59. The molecule has 0 aromatic heterocycles. The molecule has 1 unspecified atom stereocenters. The van der Waals surface area contributed by atoms with Crippen LogP contribution in [-0.2, 0) is 9.59 Å². The molecule has 0 bridgehead atoms. The van der Waals surface area contributed by atoms with Crippen molar-refractivity contribution in [2.75, 3.05) is 0 Å². The Balaban J connectivity index is 2.79. The summed E-state index contributed by atoms with van der Waals surface area (Å²) in [6.45, 7) is 0. The molecule has 3 nitrogen and oxygen atoms in total. The smallest absolute Gasteiger partial charge is 0.154 e. The zero-order chi connectivity index (χ0) is 7.56. The first-order chi connectivity index (χ1) is 4.75. The van der Waals surface area contributed by atoms with Gasteiger partial charge in [-0.15, -0.1) is 0 Å². The zero-order valence-electron chi connectivity index (χ0n) is 5.59. The topological polar surface area (TPSA) is 60.2 Å². The molecule has 1 aliphatic carbocycles. The number of nitrogens with two attached hydrogens (primary N) is 1. The van der Waals surface area contributed by atoms with E-state index in [2.05, 4.69) is 0 Å². The summed E-state index contributed by atoms with van der Waals surface area (Å²) in [5, 5.41) is 0. The highest BCUT2D eigenvalue weighted by atomic mass is 16.1. The van der Waals surface area contributed by atoms with Gasteiger partial charge >= 0.3 is 0 Å². The fourth-order valence-corrected chi connectivity index (χ4v) is 1.07. The van der Waals surface area contributed by atoms with E-state index in [1.54, 1.807) is 5.94 Å². The summed E-state index contributed by atoms with van der Waals surface area (Å²) in [5.41, 5.74) is 5.81. The van der Waals surface area contributed by atoms with E-state index in [9.17, 15) is 9.59 Å². The van der Waals surface area contributed by atoms with E-state index in [4.69, 9.17) is 5.73 Å². The molecular weight excluding hydrogens is 130 g/mol. The van der Waals surface area contributed by atoms with Crippen LogP contribution in [0.3, 0.4) is 0 Å². The van der Waals surface area contributed by atoms with Crippen LogP contribution < -0.4 is 5.73 Å². The molecule has 1 fully saturated rings. The van der Waals surface area contributed by atoms with Gasteiger partial charge in [0.15, 0.2) is 5.78 Å². The first kappa shape index (κ1) is 7.19. The highest BCUT2D eigenvalue weighted by molar-refractivity contribution is 5.90. The third kappa shape index (κ3) is 1.15. The highest BCUT2D eigenvalue weighted by Gasteiger charge is 2.23. The van der Waals surface area contributed by atoms with Crippen LogP contribution in [0.4, 0.5) is 0 Å². The van der Waals surface area contributed by atoms with Crippen molar-refractivity contribution in [2.24, 2.45) is 5.73 Å². The largest absolute Gasteiger partial charge is 0.317 e. The Morgan fingerprint density at radius 1 is 1.50 bits per heavy atom. The molecule has 0 radical (unpaired) electrons. The van der Waals surface area contributed by atoms with Gasteiger partial charge in [0.05, 0.1) is 6.04 Å². The number of Topliss-reactive ketones (excluding diaryl/α,β-unsaturated/α-hetero) is 1. The van der Waals surface area contributed by atoms with Gasteiger partial charge in [-0.2, -0.15) is 0 Å². The van der Waals surface area contributed by atoms with Crippen molar-refractivity contribution in [3.63, 3.8) is 0 Å². The molecule has 0 aliphatic heterocycles. The van der Waals surface area contributed by atoms with Crippen molar-refractivity contribution < 1.29 is 9.59 Å². The van der Waals surface area contributed by atoms with Gasteiger partial charge in [0.2, 0.25) is 0 Å². The normalized spacial score (nSPS) is 26.3. The second kappa shape index (κ2) is 2.78. The van der Waals surface area contributed by atoms with Crippen LogP contribution in [0.5, 0.6) is 0 Å². The summed E-state index contributed by atoms with van der Waals surface area (Å²) in [7, 11) is 0. The maximum Gasteiger partial charge on any atom is 0.154 e. The van der Waals surface area contributed by atoms with Gasteiger partial charge in [-0.05, 0) is 12.8 Å². The average molecular weight is 139 g/mol.